The molecule has 7 nitrogen and oxygen atoms in total. The maximum Gasteiger partial charge on any atom is 0.496 e. The minimum Gasteiger partial charge on any atom is -0.459 e. The van der Waals surface area contributed by atoms with Gasteiger partial charge in [-0.25, -0.2) is 0 Å². The van der Waals surface area contributed by atoms with E-state index >= 15 is 0 Å². The average Bonchev–Trinajstić information content (AvgIpc) is 2.90. The van der Waals surface area contributed by atoms with Gasteiger partial charge in [-0.3, -0.25) is 9.59 Å². The molecule has 24 heavy (non-hydrogen) atoms. The van der Waals surface area contributed by atoms with Gasteiger partial charge in [-0.2, -0.15) is 0 Å². The van der Waals surface area contributed by atoms with Crippen molar-refractivity contribution in [1.82, 2.24) is 9.88 Å². The average molecular weight is 334 g/mol. The van der Waals surface area contributed by atoms with Gasteiger partial charge in [-0.15, -0.1) is 0 Å². The van der Waals surface area contributed by atoms with E-state index in [0.717, 1.165) is 5.46 Å². The summed E-state index contributed by atoms with van der Waals surface area (Å²) in [7, 11) is -0.533. The largest absolute Gasteiger partial charge is 0.496 e. The molecule has 3 rings (SSSR count). The number of fused-ring (bicyclic) bond motifs is 1. The van der Waals surface area contributed by atoms with E-state index in [-0.39, 0.29) is 11.9 Å². The van der Waals surface area contributed by atoms with E-state index in [1.54, 1.807) is 10.6 Å². The van der Waals surface area contributed by atoms with Crippen molar-refractivity contribution in [2.24, 2.45) is 0 Å². The Morgan fingerprint density at radius 1 is 1.33 bits per heavy atom. The van der Waals surface area contributed by atoms with Crippen LogP contribution in [0.15, 0.2) is 12.3 Å². The van der Waals surface area contributed by atoms with Gasteiger partial charge in [-0.1, -0.05) is 0 Å². The van der Waals surface area contributed by atoms with Gasteiger partial charge in [0.1, 0.15) is 11.8 Å². The van der Waals surface area contributed by atoms with Crippen LogP contribution in [0.4, 0.5) is 0 Å². The third-order valence-electron chi connectivity index (χ3n) is 4.90. The van der Waals surface area contributed by atoms with Gasteiger partial charge >= 0.3 is 13.1 Å². The van der Waals surface area contributed by atoms with Crippen LogP contribution >= 0.6 is 0 Å². The van der Waals surface area contributed by atoms with E-state index in [0.29, 0.717) is 18.8 Å². The summed E-state index contributed by atoms with van der Waals surface area (Å²) < 4.78 is 19.1. The van der Waals surface area contributed by atoms with E-state index < -0.39 is 24.4 Å². The Kier molecular flexibility index (Phi) is 4.00. The highest BCUT2D eigenvalue weighted by atomic mass is 16.7. The molecule has 0 bridgehead atoms. The Bertz CT molecular complexity index is 666. The van der Waals surface area contributed by atoms with Crippen molar-refractivity contribution < 1.29 is 23.6 Å². The molecule has 3 heterocycles. The third kappa shape index (κ3) is 2.96. The minimum atomic E-state index is -0.533. The zero-order chi connectivity index (χ0) is 17.7. The predicted octanol–water partition coefficient (Wildman–Crippen LogP) is 0.462. The molecule has 2 aliphatic rings. The van der Waals surface area contributed by atoms with Crippen molar-refractivity contribution in [2.45, 2.75) is 58.5 Å². The highest BCUT2D eigenvalue weighted by molar-refractivity contribution is 6.62. The molecule has 1 saturated heterocycles. The number of ether oxygens (including phenoxy) is 1. The van der Waals surface area contributed by atoms with Crippen LogP contribution in [-0.2, 0) is 25.4 Å². The summed E-state index contributed by atoms with van der Waals surface area (Å²) in [6.45, 7) is 10.0. The zero-order valence-corrected chi connectivity index (χ0v) is 14.7. The number of carbonyl (C=O) groups is 2. The summed E-state index contributed by atoms with van der Waals surface area (Å²) >= 11 is 0. The molecule has 1 aromatic rings. The van der Waals surface area contributed by atoms with Gasteiger partial charge in [0.15, 0.2) is 0 Å². The number of carbonyl (C=O) groups excluding carboxylic acids is 2. The summed E-state index contributed by atoms with van der Waals surface area (Å²) in [4.78, 5) is 23.5. The van der Waals surface area contributed by atoms with Crippen LogP contribution in [-0.4, -0.2) is 47.4 Å². The second-order valence-corrected chi connectivity index (χ2v) is 7.34. The first-order valence-corrected chi connectivity index (χ1v) is 8.10. The Balaban J connectivity index is 1.86. The maximum atomic E-state index is 12.3. The van der Waals surface area contributed by atoms with E-state index in [4.69, 9.17) is 14.0 Å². The highest BCUT2D eigenvalue weighted by Gasteiger charge is 2.52. The van der Waals surface area contributed by atoms with Crippen molar-refractivity contribution >= 4 is 24.5 Å². The van der Waals surface area contributed by atoms with Gasteiger partial charge in [0.25, 0.3) is 5.91 Å². The lowest BCUT2D eigenvalue weighted by Gasteiger charge is -2.32. The standard InChI is InChI=1S/C16H23BN2O5/c1-10(20)22-12-7-18-14(21)13-6-11(8-19(13)9-12)17-23-15(2,3)16(4,5)24-17/h6,8,12H,7,9H2,1-5H3,(H,18,21)/t12-/m1/s1. The van der Waals surface area contributed by atoms with Crippen LogP contribution in [0.3, 0.4) is 0 Å². The first-order chi connectivity index (χ1) is 11.1. The molecule has 130 valence electrons. The summed E-state index contributed by atoms with van der Waals surface area (Å²) in [6.07, 6.45) is 1.44. The molecular formula is C16H23BN2O5. The third-order valence-corrected chi connectivity index (χ3v) is 4.90. The number of hydrogen-bond acceptors (Lipinski definition) is 5. The molecule has 1 N–H and O–H groups in total. The summed E-state index contributed by atoms with van der Waals surface area (Å²) in [5, 5.41) is 2.77. The Labute approximate surface area is 141 Å². The zero-order valence-electron chi connectivity index (χ0n) is 14.7. The number of nitrogens with one attached hydrogen (secondary N) is 1. The summed E-state index contributed by atoms with van der Waals surface area (Å²) in [5.74, 6) is -0.566. The van der Waals surface area contributed by atoms with Crippen LogP contribution < -0.4 is 10.8 Å². The van der Waals surface area contributed by atoms with E-state index in [1.165, 1.54) is 6.92 Å². The minimum absolute atomic E-state index is 0.201. The molecule has 0 spiro atoms. The fraction of sp³-hybridized carbons (Fsp3) is 0.625. The molecule has 2 aliphatic heterocycles. The Hall–Kier alpha value is -1.80. The second-order valence-electron chi connectivity index (χ2n) is 7.34. The molecule has 1 aromatic heterocycles. The molecule has 8 heteroatoms. The van der Waals surface area contributed by atoms with Gasteiger partial charge in [0, 0.05) is 18.6 Å². The fourth-order valence-electron chi connectivity index (χ4n) is 2.88. The number of hydrogen-bond donors (Lipinski definition) is 1. The van der Waals surface area contributed by atoms with Crippen molar-refractivity contribution in [3.05, 3.63) is 18.0 Å². The van der Waals surface area contributed by atoms with Crippen molar-refractivity contribution in [1.29, 1.82) is 0 Å². The number of esters is 1. The van der Waals surface area contributed by atoms with Crippen molar-refractivity contribution in [3.8, 4) is 0 Å². The first-order valence-electron chi connectivity index (χ1n) is 8.10. The molecule has 1 fully saturated rings. The predicted molar refractivity (Wildman–Crippen MR) is 88.0 cm³/mol. The lowest BCUT2D eigenvalue weighted by molar-refractivity contribution is -0.146. The molecule has 0 unspecified atom stereocenters. The maximum absolute atomic E-state index is 12.3. The molecule has 0 radical (unpaired) electrons. The molecule has 0 saturated carbocycles. The van der Waals surface area contributed by atoms with Crippen molar-refractivity contribution in [2.75, 3.05) is 6.54 Å². The molecule has 1 amide bonds. The van der Waals surface area contributed by atoms with Crippen LogP contribution in [0, 0.1) is 0 Å². The van der Waals surface area contributed by atoms with E-state index in [1.807, 2.05) is 33.9 Å². The number of rotatable bonds is 2. The number of nitrogens with zero attached hydrogens (tertiary/aromatic N) is 1. The highest BCUT2D eigenvalue weighted by Crippen LogP contribution is 2.36. The Morgan fingerprint density at radius 3 is 2.54 bits per heavy atom. The quantitative estimate of drug-likeness (QED) is 0.628. The molecule has 0 aromatic carbocycles. The Morgan fingerprint density at radius 2 is 1.96 bits per heavy atom. The normalized spacial score (nSPS) is 25.0. The van der Waals surface area contributed by atoms with Crippen LogP contribution in [0.2, 0.25) is 0 Å². The van der Waals surface area contributed by atoms with Gasteiger partial charge in [0.05, 0.1) is 24.3 Å². The van der Waals surface area contributed by atoms with Gasteiger partial charge < -0.3 is 23.9 Å². The molecular weight excluding hydrogens is 311 g/mol. The van der Waals surface area contributed by atoms with Crippen molar-refractivity contribution in [3.63, 3.8) is 0 Å². The molecule has 1 atom stereocenters. The first kappa shape index (κ1) is 17.0. The van der Waals surface area contributed by atoms with Gasteiger partial charge in [0.2, 0.25) is 0 Å². The lowest BCUT2D eigenvalue weighted by Crippen LogP contribution is -2.41. The van der Waals surface area contributed by atoms with Crippen LogP contribution in [0.25, 0.3) is 0 Å². The number of aromatic nitrogens is 1. The van der Waals surface area contributed by atoms with Crippen LogP contribution in [0.1, 0.15) is 45.1 Å². The summed E-state index contributed by atoms with van der Waals surface area (Å²) in [5.41, 5.74) is 0.399. The van der Waals surface area contributed by atoms with E-state index in [9.17, 15) is 9.59 Å². The molecule has 0 aliphatic carbocycles. The second kappa shape index (κ2) is 5.63. The lowest BCUT2D eigenvalue weighted by atomic mass is 9.81. The van der Waals surface area contributed by atoms with E-state index in [2.05, 4.69) is 5.32 Å². The number of amides is 1. The monoisotopic (exact) mass is 334 g/mol. The topological polar surface area (TPSA) is 78.8 Å². The van der Waals surface area contributed by atoms with Crippen LogP contribution in [0.5, 0.6) is 0 Å². The van der Waals surface area contributed by atoms with Gasteiger partial charge in [-0.05, 0) is 33.8 Å². The smallest absolute Gasteiger partial charge is 0.459 e. The summed E-state index contributed by atoms with van der Waals surface area (Å²) in [6, 6.07) is 1.77. The SMILES string of the molecule is CC(=O)O[C@@H]1CNC(=O)c2cc(B3OC(C)(C)C(C)(C)O3)cn2C1. The fourth-order valence-corrected chi connectivity index (χ4v) is 2.88.